The number of likely N-dealkylation sites (N-methyl/N-ethyl adjacent to an activating group) is 1. The van der Waals surface area contributed by atoms with E-state index in [0.29, 0.717) is 6.04 Å². The van der Waals surface area contributed by atoms with Crippen LogP contribution in [0.3, 0.4) is 0 Å². The Morgan fingerprint density at radius 1 is 1.21 bits per heavy atom. The maximum atomic E-state index is 5.68. The first-order valence-electron chi connectivity index (χ1n) is 4.98. The van der Waals surface area contributed by atoms with E-state index >= 15 is 0 Å². The summed E-state index contributed by atoms with van der Waals surface area (Å²) in [7, 11) is 2.08. The van der Waals surface area contributed by atoms with Crippen molar-refractivity contribution in [2.24, 2.45) is 0 Å². The number of rotatable bonds is 1. The van der Waals surface area contributed by atoms with Crippen LogP contribution >= 0.6 is 0 Å². The summed E-state index contributed by atoms with van der Waals surface area (Å²) in [6, 6.07) is 10.9. The molecular formula is C12H16NO+. The maximum Gasteiger partial charge on any atom is 0.334 e. The van der Waals surface area contributed by atoms with Crippen molar-refractivity contribution in [2.75, 3.05) is 7.05 Å². The standard InChI is InChI=1S/C12H16NO/c1-9-12(13(3)10(2)14-9)11-7-5-4-6-8-11/h4-9,12H,1-3H3/q+1/t9-,12-/m1/s1. The highest BCUT2D eigenvalue weighted by molar-refractivity contribution is 5.69. The lowest BCUT2D eigenvalue weighted by Crippen LogP contribution is -2.18. The Kier molecular flexibility index (Phi) is 2.28. The summed E-state index contributed by atoms with van der Waals surface area (Å²) < 4.78 is 7.88. The average Bonchev–Trinajstić information content (AvgIpc) is 2.43. The predicted octanol–water partition coefficient (Wildman–Crippen LogP) is 2.21. The lowest BCUT2D eigenvalue weighted by atomic mass is 10.0. The highest BCUT2D eigenvalue weighted by Gasteiger charge is 2.37. The van der Waals surface area contributed by atoms with Gasteiger partial charge in [-0.3, -0.25) is 0 Å². The lowest BCUT2D eigenvalue weighted by molar-refractivity contribution is -0.537. The first-order valence-corrected chi connectivity index (χ1v) is 4.98. The quantitative estimate of drug-likeness (QED) is 0.618. The van der Waals surface area contributed by atoms with E-state index in [-0.39, 0.29) is 6.10 Å². The van der Waals surface area contributed by atoms with Crippen molar-refractivity contribution in [2.45, 2.75) is 26.0 Å². The van der Waals surface area contributed by atoms with E-state index in [0.717, 1.165) is 5.90 Å². The minimum Gasteiger partial charge on any atom is -0.438 e. The Morgan fingerprint density at radius 2 is 1.86 bits per heavy atom. The zero-order chi connectivity index (χ0) is 10.1. The number of hydrogen-bond donors (Lipinski definition) is 0. The van der Waals surface area contributed by atoms with Gasteiger partial charge in [0.1, 0.15) is 7.05 Å². The Labute approximate surface area is 84.8 Å². The Hall–Kier alpha value is -1.31. The van der Waals surface area contributed by atoms with Crippen LogP contribution in [-0.4, -0.2) is 23.6 Å². The Balaban J connectivity index is 2.36. The summed E-state index contributed by atoms with van der Waals surface area (Å²) in [5.74, 6) is 1.01. The number of ether oxygens (including phenoxy) is 1. The minimum atomic E-state index is 0.238. The third-order valence-corrected chi connectivity index (χ3v) is 2.86. The van der Waals surface area contributed by atoms with Gasteiger partial charge >= 0.3 is 5.90 Å². The fourth-order valence-electron chi connectivity index (χ4n) is 2.07. The summed E-state index contributed by atoms with van der Waals surface area (Å²) in [6.07, 6.45) is 0.238. The molecule has 14 heavy (non-hydrogen) atoms. The summed E-state index contributed by atoms with van der Waals surface area (Å²) in [5.41, 5.74) is 1.32. The zero-order valence-corrected chi connectivity index (χ0v) is 8.90. The minimum absolute atomic E-state index is 0.238. The molecule has 1 aliphatic heterocycles. The van der Waals surface area contributed by atoms with Crippen molar-refractivity contribution < 1.29 is 9.31 Å². The fraction of sp³-hybridized carbons (Fsp3) is 0.417. The van der Waals surface area contributed by atoms with E-state index in [4.69, 9.17) is 4.74 Å². The van der Waals surface area contributed by atoms with Gasteiger partial charge in [0.25, 0.3) is 0 Å². The van der Waals surface area contributed by atoms with Gasteiger partial charge in [-0.1, -0.05) is 30.3 Å². The second kappa shape index (κ2) is 3.45. The van der Waals surface area contributed by atoms with Gasteiger partial charge in [0.15, 0.2) is 6.10 Å². The first-order chi connectivity index (χ1) is 6.70. The molecule has 0 N–H and O–H groups in total. The summed E-state index contributed by atoms with van der Waals surface area (Å²) >= 11 is 0. The molecule has 0 saturated heterocycles. The summed E-state index contributed by atoms with van der Waals surface area (Å²) in [6.45, 7) is 4.13. The van der Waals surface area contributed by atoms with Crippen LogP contribution < -0.4 is 0 Å². The highest BCUT2D eigenvalue weighted by Crippen LogP contribution is 2.27. The SMILES string of the molecule is CC1=[N+](C)[C@@H](c2ccccc2)[C@@H](C)O1. The van der Waals surface area contributed by atoms with Crippen LogP contribution in [0.5, 0.6) is 0 Å². The van der Waals surface area contributed by atoms with Gasteiger partial charge in [-0.25, -0.2) is 0 Å². The number of nitrogens with zero attached hydrogens (tertiary/aromatic N) is 1. The van der Waals surface area contributed by atoms with Crippen molar-refractivity contribution in [1.82, 2.24) is 0 Å². The van der Waals surface area contributed by atoms with Crippen LogP contribution in [-0.2, 0) is 4.74 Å². The molecule has 2 nitrogen and oxygen atoms in total. The number of benzene rings is 1. The predicted molar refractivity (Wildman–Crippen MR) is 56.6 cm³/mol. The first kappa shape index (κ1) is 9.25. The molecule has 74 valence electrons. The van der Waals surface area contributed by atoms with Crippen LogP contribution in [0.4, 0.5) is 0 Å². The molecule has 0 bridgehead atoms. The van der Waals surface area contributed by atoms with E-state index in [1.807, 2.05) is 13.0 Å². The molecule has 0 saturated carbocycles. The highest BCUT2D eigenvalue weighted by atomic mass is 16.5. The van der Waals surface area contributed by atoms with E-state index in [1.54, 1.807) is 0 Å². The van der Waals surface area contributed by atoms with Gasteiger partial charge in [0, 0.05) is 5.56 Å². The molecule has 0 unspecified atom stereocenters. The molecule has 0 spiro atoms. The van der Waals surface area contributed by atoms with Crippen LogP contribution in [0.15, 0.2) is 30.3 Å². The van der Waals surface area contributed by atoms with Gasteiger partial charge in [-0.2, -0.15) is 4.58 Å². The van der Waals surface area contributed by atoms with Crippen LogP contribution in [0, 0.1) is 0 Å². The van der Waals surface area contributed by atoms with Crippen LogP contribution in [0.25, 0.3) is 0 Å². The van der Waals surface area contributed by atoms with E-state index < -0.39 is 0 Å². The van der Waals surface area contributed by atoms with Crippen molar-refractivity contribution in [3.8, 4) is 0 Å². The van der Waals surface area contributed by atoms with Crippen molar-refractivity contribution in [3.05, 3.63) is 35.9 Å². The second-order valence-corrected chi connectivity index (χ2v) is 3.81. The maximum absolute atomic E-state index is 5.68. The molecule has 2 atom stereocenters. The molecule has 0 amide bonds. The van der Waals surface area contributed by atoms with Crippen molar-refractivity contribution in [1.29, 1.82) is 0 Å². The third kappa shape index (κ3) is 1.41. The van der Waals surface area contributed by atoms with Crippen molar-refractivity contribution >= 4 is 5.90 Å². The molecule has 1 aromatic rings. The van der Waals surface area contributed by atoms with E-state index in [9.17, 15) is 0 Å². The monoisotopic (exact) mass is 190 g/mol. The largest absolute Gasteiger partial charge is 0.438 e. The topological polar surface area (TPSA) is 12.2 Å². The van der Waals surface area contributed by atoms with Gasteiger partial charge < -0.3 is 4.74 Å². The van der Waals surface area contributed by atoms with Gasteiger partial charge in [0.05, 0.1) is 6.92 Å². The van der Waals surface area contributed by atoms with Gasteiger partial charge in [0.2, 0.25) is 6.04 Å². The summed E-state index contributed by atoms with van der Waals surface area (Å²) in [4.78, 5) is 0. The smallest absolute Gasteiger partial charge is 0.334 e. The molecule has 1 aromatic carbocycles. The van der Waals surface area contributed by atoms with Crippen molar-refractivity contribution in [3.63, 3.8) is 0 Å². The van der Waals surface area contributed by atoms with Crippen LogP contribution in [0.2, 0.25) is 0 Å². The molecule has 1 aliphatic rings. The summed E-state index contributed by atoms with van der Waals surface area (Å²) in [5, 5.41) is 0. The average molecular weight is 190 g/mol. The molecule has 0 aromatic heterocycles. The normalized spacial score (nSPS) is 26.5. The fourth-order valence-corrected chi connectivity index (χ4v) is 2.07. The molecule has 0 fully saturated rings. The second-order valence-electron chi connectivity index (χ2n) is 3.81. The molecule has 2 rings (SSSR count). The van der Waals surface area contributed by atoms with E-state index in [2.05, 4.69) is 42.8 Å². The molecule has 0 aliphatic carbocycles. The Bertz CT molecular complexity index is 356. The lowest BCUT2D eigenvalue weighted by Gasteiger charge is -2.10. The van der Waals surface area contributed by atoms with Gasteiger partial charge in [-0.15, -0.1) is 0 Å². The Morgan fingerprint density at radius 3 is 2.36 bits per heavy atom. The third-order valence-electron chi connectivity index (χ3n) is 2.86. The molecule has 2 heteroatoms. The molecular weight excluding hydrogens is 174 g/mol. The van der Waals surface area contributed by atoms with Gasteiger partial charge in [-0.05, 0) is 6.92 Å². The van der Waals surface area contributed by atoms with Crippen LogP contribution in [0.1, 0.15) is 25.5 Å². The van der Waals surface area contributed by atoms with E-state index in [1.165, 1.54) is 5.56 Å². The molecule has 1 heterocycles. The zero-order valence-electron chi connectivity index (χ0n) is 8.90. The molecule has 0 radical (unpaired) electrons. The number of hydrogen-bond acceptors (Lipinski definition) is 1.